The van der Waals surface area contributed by atoms with Crippen LogP contribution in [0.15, 0.2) is 0 Å². The van der Waals surface area contributed by atoms with E-state index < -0.39 is 5.54 Å². The Labute approximate surface area is 124 Å². The fourth-order valence-corrected chi connectivity index (χ4v) is 2.38. The summed E-state index contributed by atoms with van der Waals surface area (Å²) < 4.78 is 5.15. The Kier molecular flexibility index (Phi) is 9.80. The minimum atomic E-state index is -0.598. The Hall–Kier alpha value is -0.650. The standard InChI is InChI=1S/C15H33N3O2/c1-6-17-15(4,14(16)19)8-7-9-18(10-11-20-5)12-13(2)3/h13,17H,6-12H2,1-5H3,(H2,16,19). The molecule has 0 saturated carbocycles. The Morgan fingerprint density at radius 3 is 2.50 bits per heavy atom. The highest BCUT2D eigenvalue weighted by Crippen LogP contribution is 2.13. The van der Waals surface area contributed by atoms with E-state index in [1.54, 1.807) is 7.11 Å². The number of methoxy groups -OCH3 is 1. The van der Waals surface area contributed by atoms with Gasteiger partial charge < -0.3 is 20.7 Å². The summed E-state index contributed by atoms with van der Waals surface area (Å²) in [5.41, 5.74) is 4.90. The van der Waals surface area contributed by atoms with E-state index in [-0.39, 0.29) is 5.91 Å². The number of hydrogen-bond donors (Lipinski definition) is 2. The smallest absolute Gasteiger partial charge is 0.237 e. The Morgan fingerprint density at radius 2 is 2.05 bits per heavy atom. The van der Waals surface area contributed by atoms with Crippen LogP contribution in [0, 0.1) is 5.92 Å². The number of amides is 1. The summed E-state index contributed by atoms with van der Waals surface area (Å²) in [6, 6.07) is 0. The number of carbonyl (C=O) groups excluding carboxylic acids is 1. The summed E-state index contributed by atoms with van der Waals surface area (Å²) in [6.45, 7) is 12.8. The third kappa shape index (κ3) is 7.82. The van der Waals surface area contributed by atoms with E-state index in [1.165, 1.54) is 0 Å². The summed E-state index contributed by atoms with van der Waals surface area (Å²) in [6.07, 6.45) is 1.71. The lowest BCUT2D eigenvalue weighted by atomic mass is 9.94. The fraction of sp³-hybridized carbons (Fsp3) is 0.933. The molecular weight excluding hydrogens is 254 g/mol. The number of nitrogens with zero attached hydrogens (tertiary/aromatic N) is 1. The molecule has 5 heteroatoms. The van der Waals surface area contributed by atoms with Crippen molar-refractivity contribution >= 4 is 5.91 Å². The lowest BCUT2D eigenvalue weighted by molar-refractivity contribution is -0.124. The number of carbonyl (C=O) groups is 1. The van der Waals surface area contributed by atoms with Gasteiger partial charge in [0.25, 0.3) is 0 Å². The summed E-state index contributed by atoms with van der Waals surface area (Å²) in [4.78, 5) is 14.0. The average Bonchev–Trinajstić information content (AvgIpc) is 2.35. The van der Waals surface area contributed by atoms with Crippen molar-refractivity contribution in [1.82, 2.24) is 10.2 Å². The fourth-order valence-electron chi connectivity index (χ4n) is 2.38. The summed E-state index contributed by atoms with van der Waals surface area (Å²) in [5, 5.41) is 3.20. The molecule has 0 rings (SSSR count). The molecule has 1 unspecified atom stereocenters. The van der Waals surface area contributed by atoms with E-state index in [9.17, 15) is 4.79 Å². The van der Waals surface area contributed by atoms with Crippen LogP contribution in [0.2, 0.25) is 0 Å². The van der Waals surface area contributed by atoms with E-state index in [1.807, 2.05) is 13.8 Å². The average molecular weight is 287 g/mol. The van der Waals surface area contributed by atoms with Crippen molar-refractivity contribution in [3.8, 4) is 0 Å². The largest absolute Gasteiger partial charge is 0.383 e. The van der Waals surface area contributed by atoms with Gasteiger partial charge in [0.2, 0.25) is 5.91 Å². The molecule has 120 valence electrons. The van der Waals surface area contributed by atoms with E-state index in [0.29, 0.717) is 5.92 Å². The molecule has 0 aromatic rings. The molecular formula is C15H33N3O2. The number of nitrogens with one attached hydrogen (secondary N) is 1. The van der Waals surface area contributed by atoms with Crippen LogP contribution in [0.25, 0.3) is 0 Å². The first kappa shape index (κ1) is 19.4. The molecule has 1 atom stereocenters. The van der Waals surface area contributed by atoms with Gasteiger partial charge in [-0.3, -0.25) is 4.79 Å². The molecule has 0 aromatic carbocycles. The van der Waals surface area contributed by atoms with Crippen LogP contribution in [-0.4, -0.2) is 56.2 Å². The molecule has 5 nitrogen and oxygen atoms in total. The molecule has 0 fully saturated rings. The predicted molar refractivity (Wildman–Crippen MR) is 83.7 cm³/mol. The topological polar surface area (TPSA) is 67.6 Å². The molecule has 0 spiro atoms. The molecule has 0 bridgehead atoms. The van der Waals surface area contributed by atoms with Crippen molar-refractivity contribution < 1.29 is 9.53 Å². The molecule has 1 amide bonds. The Morgan fingerprint density at radius 1 is 1.40 bits per heavy atom. The van der Waals surface area contributed by atoms with Crippen LogP contribution >= 0.6 is 0 Å². The van der Waals surface area contributed by atoms with E-state index in [4.69, 9.17) is 10.5 Å². The van der Waals surface area contributed by atoms with Gasteiger partial charge in [0.05, 0.1) is 12.1 Å². The van der Waals surface area contributed by atoms with Gasteiger partial charge in [-0.1, -0.05) is 20.8 Å². The minimum Gasteiger partial charge on any atom is -0.383 e. The third-order valence-corrected chi connectivity index (χ3v) is 3.50. The molecule has 0 aliphatic rings. The first-order valence-electron chi connectivity index (χ1n) is 7.62. The van der Waals surface area contributed by atoms with Gasteiger partial charge in [-0.15, -0.1) is 0 Å². The van der Waals surface area contributed by atoms with E-state index in [2.05, 4.69) is 24.1 Å². The van der Waals surface area contributed by atoms with E-state index >= 15 is 0 Å². The van der Waals surface area contributed by atoms with Crippen LogP contribution < -0.4 is 11.1 Å². The molecule has 0 aliphatic heterocycles. The van der Waals surface area contributed by atoms with Gasteiger partial charge in [0.1, 0.15) is 0 Å². The van der Waals surface area contributed by atoms with Crippen LogP contribution in [0.1, 0.15) is 40.5 Å². The van der Waals surface area contributed by atoms with Crippen molar-refractivity contribution in [1.29, 1.82) is 0 Å². The van der Waals surface area contributed by atoms with Gasteiger partial charge in [-0.2, -0.15) is 0 Å². The second kappa shape index (κ2) is 10.1. The quantitative estimate of drug-likeness (QED) is 0.566. The van der Waals surface area contributed by atoms with Gasteiger partial charge in [-0.25, -0.2) is 0 Å². The van der Waals surface area contributed by atoms with Crippen LogP contribution in [0.5, 0.6) is 0 Å². The van der Waals surface area contributed by atoms with Gasteiger partial charge in [0.15, 0.2) is 0 Å². The summed E-state index contributed by atoms with van der Waals surface area (Å²) in [5.74, 6) is 0.356. The van der Waals surface area contributed by atoms with Crippen LogP contribution in [0.4, 0.5) is 0 Å². The number of rotatable bonds is 12. The molecule has 20 heavy (non-hydrogen) atoms. The maximum absolute atomic E-state index is 11.6. The summed E-state index contributed by atoms with van der Waals surface area (Å²) >= 11 is 0. The van der Waals surface area contributed by atoms with Gasteiger partial charge in [0, 0.05) is 20.2 Å². The highest BCUT2D eigenvalue weighted by Gasteiger charge is 2.29. The summed E-state index contributed by atoms with van der Waals surface area (Å²) in [7, 11) is 1.73. The van der Waals surface area contributed by atoms with Crippen molar-refractivity contribution in [2.75, 3.05) is 39.9 Å². The maximum atomic E-state index is 11.6. The van der Waals surface area contributed by atoms with E-state index in [0.717, 1.165) is 45.6 Å². The first-order chi connectivity index (χ1) is 9.35. The van der Waals surface area contributed by atoms with Gasteiger partial charge in [-0.05, 0) is 38.8 Å². The van der Waals surface area contributed by atoms with Crippen LogP contribution in [-0.2, 0) is 9.53 Å². The minimum absolute atomic E-state index is 0.272. The molecule has 3 N–H and O–H groups in total. The van der Waals surface area contributed by atoms with Crippen molar-refractivity contribution in [2.24, 2.45) is 11.7 Å². The first-order valence-corrected chi connectivity index (χ1v) is 7.62. The zero-order chi connectivity index (χ0) is 15.6. The zero-order valence-corrected chi connectivity index (χ0v) is 13.9. The van der Waals surface area contributed by atoms with Crippen molar-refractivity contribution in [2.45, 2.75) is 46.1 Å². The molecule has 0 aliphatic carbocycles. The van der Waals surface area contributed by atoms with Gasteiger partial charge >= 0.3 is 0 Å². The number of ether oxygens (including phenoxy) is 1. The van der Waals surface area contributed by atoms with Crippen molar-refractivity contribution in [3.05, 3.63) is 0 Å². The second-order valence-corrected chi connectivity index (χ2v) is 6.02. The molecule has 0 radical (unpaired) electrons. The number of nitrogens with two attached hydrogens (primary N) is 1. The number of likely N-dealkylation sites (N-methyl/N-ethyl adjacent to an activating group) is 1. The molecule has 0 aromatic heterocycles. The molecule has 0 saturated heterocycles. The molecule has 0 heterocycles. The maximum Gasteiger partial charge on any atom is 0.237 e. The normalized spacial score (nSPS) is 14.8. The highest BCUT2D eigenvalue weighted by atomic mass is 16.5. The zero-order valence-electron chi connectivity index (χ0n) is 13.9. The Balaban J connectivity index is 4.28. The number of primary amides is 1. The SMILES string of the molecule is CCNC(C)(CCCN(CCOC)CC(C)C)C(N)=O. The number of hydrogen-bond acceptors (Lipinski definition) is 4. The van der Waals surface area contributed by atoms with Crippen LogP contribution in [0.3, 0.4) is 0 Å². The lowest BCUT2D eigenvalue weighted by Gasteiger charge is -2.29. The monoisotopic (exact) mass is 287 g/mol. The second-order valence-electron chi connectivity index (χ2n) is 6.02. The highest BCUT2D eigenvalue weighted by molar-refractivity contribution is 5.84. The Bertz CT molecular complexity index is 272. The third-order valence-electron chi connectivity index (χ3n) is 3.50. The predicted octanol–water partition coefficient (Wildman–Crippen LogP) is 1.22. The lowest BCUT2D eigenvalue weighted by Crippen LogP contribution is -2.53. The van der Waals surface area contributed by atoms with Crippen molar-refractivity contribution in [3.63, 3.8) is 0 Å².